The van der Waals surface area contributed by atoms with E-state index in [1.165, 1.54) is 96.3 Å². The Bertz CT molecular complexity index is 1800. The normalized spacial score (nSPS) is 19.1. The molecule has 0 saturated carbocycles. The molecule has 1 amide bonds. The maximum Gasteiger partial charge on any atom is 0.306 e. The van der Waals surface area contributed by atoms with Crippen molar-refractivity contribution in [3.05, 3.63) is 109 Å². The summed E-state index contributed by atoms with van der Waals surface area (Å²) in [6, 6.07) is -1.04. The van der Waals surface area contributed by atoms with Crippen molar-refractivity contribution in [2.24, 2.45) is 0 Å². The van der Waals surface area contributed by atoms with Crippen molar-refractivity contribution < 1.29 is 49.3 Å². The van der Waals surface area contributed by atoms with Crippen LogP contribution in [0.25, 0.3) is 0 Å². The number of carbonyl (C=O) groups is 2. The van der Waals surface area contributed by atoms with Gasteiger partial charge in [0.2, 0.25) is 5.91 Å². The molecule has 0 aromatic heterocycles. The van der Waals surface area contributed by atoms with Gasteiger partial charge in [-0.25, -0.2) is 0 Å². The summed E-state index contributed by atoms with van der Waals surface area (Å²) in [4.78, 5) is 26.6. The molecule has 1 saturated heterocycles. The molecule has 488 valence electrons. The predicted octanol–water partition coefficient (Wildman–Crippen LogP) is 17.6. The minimum absolute atomic E-state index is 0.113. The van der Waals surface area contributed by atoms with Crippen molar-refractivity contribution in [1.29, 1.82) is 0 Å². The van der Waals surface area contributed by atoms with E-state index in [1.54, 1.807) is 6.08 Å². The second kappa shape index (κ2) is 60.6. The Labute approximate surface area is 519 Å². The summed E-state index contributed by atoms with van der Waals surface area (Å²) in [5.74, 6) is -1.21. The topological polar surface area (TPSA) is 175 Å². The molecule has 1 heterocycles. The van der Waals surface area contributed by atoms with Crippen LogP contribution < -0.4 is 5.32 Å². The van der Waals surface area contributed by atoms with Crippen LogP contribution in [0.1, 0.15) is 284 Å². The van der Waals surface area contributed by atoms with Gasteiger partial charge in [-0.15, -0.1) is 0 Å². The van der Waals surface area contributed by atoms with Gasteiger partial charge >= 0.3 is 5.97 Å². The van der Waals surface area contributed by atoms with Crippen molar-refractivity contribution in [2.45, 2.75) is 333 Å². The number of rotatable bonds is 58. The Morgan fingerprint density at radius 1 is 0.471 bits per heavy atom. The highest BCUT2D eigenvalue weighted by molar-refractivity contribution is 5.80. The van der Waals surface area contributed by atoms with Crippen LogP contribution >= 0.6 is 0 Å². The second-order valence-electron chi connectivity index (χ2n) is 23.5. The molecule has 0 aromatic rings. The fraction of sp³-hybridized carbons (Fsp3) is 0.730. The first-order chi connectivity index (χ1) is 41.7. The lowest BCUT2D eigenvalue weighted by Crippen LogP contribution is -2.61. The molecule has 0 radical (unpaired) electrons. The van der Waals surface area contributed by atoms with Crippen LogP contribution in [0.3, 0.4) is 0 Å². The summed E-state index contributed by atoms with van der Waals surface area (Å²) in [7, 11) is 0. The van der Waals surface area contributed by atoms with Crippen LogP contribution in [0.15, 0.2) is 109 Å². The van der Waals surface area contributed by atoms with Crippen LogP contribution in [0, 0.1) is 0 Å². The number of ether oxygens (including phenoxy) is 3. The first-order valence-corrected chi connectivity index (χ1v) is 34.7. The molecule has 1 aliphatic heterocycles. The van der Waals surface area contributed by atoms with Gasteiger partial charge in [0.05, 0.1) is 25.4 Å². The van der Waals surface area contributed by atoms with E-state index < -0.39 is 67.4 Å². The van der Waals surface area contributed by atoms with Crippen LogP contribution in [0.2, 0.25) is 0 Å². The number of carbonyl (C=O) groups excluding carboxylic acids is 2. The van der Waals surface area contributed by atoms with E-state index in [4.69, 9.17) is 14.2 Å². The molecule has 6 N–H and O–H groups in total. The summed E-state index contributed by atoms with van der Waals surface area (Å²) in [5, 5.41) is 57.2. The number of aliphatic hydroxyl groups is 5. The van der Waals surface area contributed by atoms with Crippen molar-refractivity contribution >= 4 is 11.9 Å². The molecule has 1 aliphatic rings. The van der Waals surface area contributed by atoms with Gasteiger partial charge in [-0.3, -0.25) is 9.59 Å². The van der Waals surface area contributed by atoms with Gasteiger partial charge in [-0.2, -0.15) is 0 Å². The molecule has 0 aromatic carbocycles. The van der Waals surface area contributed by atoms with Gasteiger partial charge in [0.1, 0.15) is 24.4 Å². The smallest absolute Gasteiger partial charge is 0.306 e. The molecular formula is C74H127NO10. The molecule has 8 atom stereocenters. The fourth-order valence-corrected chi connectivity index (χ4v) is 10.2. The van der Waals surface area contributed by atoms with Gasteiger partial charge < -0.3 is 45.1 Å². The summed E-state index contributed by atoms with van der Waals surface area (Å²) in [6.07, 6.45) is 72.6. The lowest BCUT2D eigenvalue weighted by atomic mass is 9.99. The Morgan fingerprint density at radius 2 is 0.847 bits per heavy atom. The van der Waals surface area contributed by atoms with Crippen molar-refractivity contribution in [1.82, 2.24) is 5.32 Å². The summed E-state index contributed by atoms with van der Waals surface area (Å²) >= 11 is 0. The number of hydrogen-bond acceptors (Lipinski definition) is 10. The minimum Gasteiger partial charge on any atom is -0.454 e. The summed E-state index contributed by atoms with van der Waals surface area (Å²) < 4.78 is 17.7. The summed E-state index contributed by atoms with van der Waals surface area (Å²) in [5.41, 5.74) is 0. The molecule has 1 fully saturated rings. The van der Waals surface area contributed by atoms with E-state index in [-0.39, 0.29) is 19.4 Å². The van der Waals surface area contributed by atoms with Crippen LogP contribution in [0.4, 0.5) is 0 Å². The van der Waals surface area contributed by atoms with Crippen molar-refractivity contribution in [3.63, 3.8) is 0 Å². The highest BCUT2D eigenvalue weighted by atomic mass is 16.7. The van der Waals surface area contributed by atoms with E-state index in [2.05, 4.69) is 123 Å². The maximum absolute atomic E-state index is 13.5. The number of esters is 1. The van der Waals surface area contributed by atoms with Gasteiger partial charge in [-0.05, 0) is 109 Å². The molecule has 1 rings (SSSR count). The monoisotopic (exact) mass is 1190 g/mol. The van der Waals surface area contributed by atoms with E-state index in [9.17, 15) is 35.1 Å². The SMILES string of the molecule is CC/C=C\C/C=C\C/C=C\C/C=C\C/C=C\C/C=C\CCCCCCCCCC(O)C(=O)NC(COC1OC(CO)C(O)C(O)C1OC(=O)CCCCCCCCCCC/C=C\C/C=C\CCCCC)C(O)/C=C/CCCCCCCCCCC. The average Bonchev–Trinajstić information content (AvgIpc) is 3.59. The predicted molar refractivity (Wildman–Crippen MR) is 356 cm³/mol. The lowest BCUT2D eigenvalue weighted by Gasteiger charge is -2.41. The van der Waals surface area contributed by atoms with Gasteiger partial charge in [0, 0.05) is 6.42 Å². The Kier molecular flexibility index (Phi) is 56.6. The third kappa shape index (κ3) is 48.0. The number of hydrogen-bond donors (Lipinski definition) is 6. The third-order valence-corrected chi connectivity index (χ3v) is 15.7. The number of unbranched alkanes of at least 4 members (excludes halogenated alkanes) is 28. The molecule has 0 aliphatic carbocycles. The largest absolute Gasteiger partial charge is 0.454 e. The molecule has 11 heteroatoms. The molecule has 0 spiro atoms. The number of amides is 1. The first kappa shape index (κ1) is 79.3. The molecule has 0 bridgehead atoms. The highest BCUT2D eigenvalue weighted by Gasteiger charge is 2.47. The first-order valence-electron chi connectivity index (χ1n) is 34.7. The van der Waals surface area contributed by atoms with E-state index in [0.29, 0.717) is 12.8 Å². The Morgan fingerprint density at radius 3 is 1.29 bits per heavy atom. The number of aliphatic hydroxyl groups excluding tert-OH is 5. The molecule has 8 unspecified atom stereocenters. The zero-order valence-corrected chi connectivity index (χ0v) is 54.2. The average molecular weight is 1190 g/mol. The Balaban J connectivity index is 2.59. The second-order valence-corrected chi connectivity index (χ2v) is 23.5. The van der Waals surface area contributed by atoms with E-state index in [0.717, 1.165) is 141 Å². The van der Waals surface area contributed by atoms with Gasteiger partial charge in [0.25, 0.3) is 0 Å². The van der Waals surface area contributed by atoms with Crippen LogP contribution in [-0.2, 0) is 23.8 Å². The number of nitrogens with one attached hydrogen (secondary N) is 1. The molecule has 85 heavy (non-hydrogen) atoms. The fourth-order valence-electron chi connectivity index (χ4n) is 10.2. The van der Waals surface area contributed by atoms with Gasteiger partial charge in [-0.1, -0.05) is 278 Å². The van der Waals surface area contributed by atoms with E-state index in [1.807, 2.05) is 6.08 Å². The molecular weight excluding hydrogens is 1060 g/mol. The van der Waals surface area contributed by atoms with Gasteiger partial charge in [0.15, 0.2) is 12.4 Å². The summed E-state index contributed by atoms with van der Waals surface area (Å²) in [6.45, 7) is 5.65. The van der Waals surface area contributed by atoms with Crippen LogP contribution in [0.5, 0.6) is 0 Å². The van der Waals surface area contributed by atoms with Crippen molar-refractivity contribution in [3.8, 4) is 0 Å². The number of allylic oxidation sites excluding steroid dienone is 17. The third-order valence-electron chi connectivity index (χ3n) is 15.7. The van der Waals surface area contributed by atoms with E-state index >= 15 is 0 Å². The van der Waals surface area contributed by atoms with Crippen LogP contribution in [-0.4, -0.2) is 99.6 Å². The van der Waals surface area contributed by atoms with Crippen molar-refractivity contribution in [2.75, 3.05) is 13.2 Å². The quantitative estimate of drug-likeness (QED) is 0.0195. The molecule has 11 nitrogen and oxygen atoms in total. The zero-order valence-electron chi connectivity index (χ0n) is 54.2. The maximum atomic E-state index is 13.5. The lowest BCUT2D eigenvalue weighted by molar-refractivity contribution is -0.305. The minimum atomic E-state index is -1.62. The Hall–Kier alpha value is -3.68. The standard InChI is InChI=1S/C74H127NO10/c1-4-7-10-13-16-19-22-24-26-28-30-31-32-33-34-35-36-38-39-41-43-46-49-52-55-58-61-67(78)73(82)75-65(66(77)60-57-54-51-48-45-21-18-15-12-9-6-3)64-83-74-72(71(81)70(80)68(63-76)84-74)85-69(79)62-59-56-53-50-47-44-42-40-37-29-27-25-23-20-17-14-11-8-5-2/h7,10,16-17,19-20,24-27,30-31,33-34,36,38,57,60,65-68,70-72,74,76-78,80-81H,4-6,8-9,11-15,18,21-23,28-29,32,35,37,39-56,58-59,61-64H2,1-3H3,(H,75,82)/b10-7-,19-16-,20-17-,26-24-,27-25-,31-30-,34-33-,38-36-,60-57+. The highest BCUT2D eigenvalue weighted by Crippen LogP contribution is 2.26. The zero-order chi connectivity index (χ0) is 61.7.